The second-order valence-electron chi connectivity index (χ2n) is 6.53. The van der Waals surface area contributed by atoms with Crippen LogP contribution in [0.3, 0.4) is 0 Å². The standard InChI is InChI=1S/C18H14ClF3N6OS/c1-26(9-13-10(19)8-23-27(13)2)17(29)12-7-16-24-11(14-4-3-5-30-14)6-15(18(20,21)22)28(16)25-12/h3-8H,9H2,1-2H3. The third-order valence-electron chi connectivity index (χ3n) is 4.45. The molecule has 1 amide bonds. The topological polar surface area (TPSA) is 68.3 Å². The number of aromatic nitrogens is 5. The summed E-state index contributed by atoms with van der Waals surface area (Å²) in [6, 6.07) is 5.58. The number of alkyl halides is 3. The van der Waals surface area contributed by atoms with E-state index in [4.69, 9.17) is 11.6 Å². The zero-order valence-corrected chi connectivity index (χ0v) is 17.3. The largest absolute Gasteiger partial charge is 0.433 e. The summed E-state index contributed by atoms with van der Waals surface area (Å²) in [5.41, 5.74) is -0.475. The molecule has 4 rings (SSSR count). The van der Waals surface area contributed by atoms with Crippen LogP contribution in [0.5, 0.6) is 0 Å². The van der Waals surface area contributed by atoms with Gasteiger partial charge in [-0.1, -0.05) is 17.7 Å². The zero-order chi connectivity index (χ0) is 21.6. The average molecular weight is 455 g/mol. The molecule has 0 saturated carbocycles. The molecule has 4 aromatic heterocycles. The minimum atomic E-state index is -4.67. The van der Waals surface area contributed by atoms with E-state index < -0.39 is 17.8 Å². The van der Waals surface area contributed by atoms with E-state index in [1.165, 1.54) is 40.2 Å². The summed E-state index contributed by atoms with van der Waals surface area (Å²) in [7, 11) is 3.18. The van der Waals surface area contributed by atoms with Gasteiger partial charge in [0.05, 0.1) is 34.0 Å². The quantitative estimate of drug-likeness (QED) is 0.465. The molecule has 0 N–H and O–H groups in total. The number of thiophene rings is 1. The van der Waals surface area contributed by atoms with Crippen LogP contribution >= 0.6 is 22.9 Å². The molecular formula is C18H14ClF3N6OS. The minimum Gasteiger partial charge on any atom is -0.334 e. The molecule has 30 heavy (non-hydrogen) atoms. The first-order chi connectivity index (χ1) is 14.1. The Morgan fingerprint density at radius 2 is 2.10 bits per heavy atom. The number of carbonyl (C=O) groups excluding carboxylic acids is 1. The second kappa shape index (κ2) is 7.40. The van der Waals surface area contributed by atoms with Crippen molar-refractivity contribution in [2.75, 3.05) is 7.05 Å². The highest BCUT2D eigenvalue weighted by Crippen LogP contribution is 2.33. The van der Waals surface area contributed by atoms with Gasteiger partial charge in [-0.25, -0.2) is 9.50 Å². The van der Waals surface area contributed by atoms with Crippen molar-refractivity contribution in [2.24, 2.45) is 7.05 Å². The van der Waals surface area contributed by atoms with Gasteiger partial charge >= 0.3 is 6.18 Å². The average Bonchev–Trinajstić information content (AvgIpc) is 3.42. The van der Waals surface area contributed by atoms with E-state index in [0.717, 1.165) is 6.07 Å². The van der Waals surface area contributed by atoms with Crippen molar-refractivity contribution in [1.82, 2.24) is 29.3 Å². The predicted molar refractivity (Wildman–Crippen MR) is 105 cm³/mol. The fraction of sp³-hybridized carbons (Fsp3) is 0.222. The van der Waals surface area contributed by atoms with Gasteiger partial charge in [0, 0.05) is 20.2 Å². The number of hydrogen-bond donors (Lipinski definition) is 0. The molecule has 0 bridgehead atoms. The van der Waals surface area contributed by atoms with Gasteiger partial charge in [-0.15, -0.1) is 11.3 Å². The monoisotopic (exact) mass is 454 g/mol. The maximum atomic E-state index is 13.6. The maximum absolute atomic E-state index is 13.6. The fourth-order valence-electron chi connectivity index (χ4n) is 2.94. The lowest BCUT2D eigenvalue weighted by atomic mass is 10.2. The van der Waals surface area contributed by atoms with Crippen molar-refractivity contribution in [3.8, 4) is 10.6 Å². The Labute approximate surface area is 177 Å². The van der Waals surface area contributed by atoms with Crippen LogP contribution in [0.4, 0.5) is 13.2 Å². The number of amides is 1. The molecule has 0 spiro atoms. The van der Waals surface area contributed by atoms with E-state index in [1.807, 2.05) is 0 Å². The van der Waals surface area contributed by atoms with Gasteiger partial charge < -0.3 is 4.90 Å². The van der Waals surface area contributed by atoms with Gasteiger partial charge in [-0.3, -0.25) is 9.48 Å². The van der Waals surface area contributed by atoms with Gasteiger partial charge in [-0.05, 0) is 17.5 Å². The molecule has 0 saturated heterocycles. The summed E-state index contributed by atoms with van der Waals surface area (Å²) in [5, 5.41) is 10.0. The van der Waals surface area contributed by atoms with Crippen molar-refractivity contribution in [2.45, 2.75) is 12.7 Å². The summed E-state index contributed by atoms with van der Waals surface area (Å²) in [5.74, 6) is -0.566. The van der Waals surface area contributed by atoms with E-state index in [2.05, 4.69) is 15.2 Å². The second-order valence-corrected chi connectivity index (χ2v) is 7.88. The predicted octanol–water partition coefficient (Wildman–Crippen LogP) is 4.14. The third-order valence-corrected chi connectivity index (χ3v) is 5.66. The summed E-state index contributed by atoms with van der Waals surface area (Å²) >= 11 is 7.34. The first-order valence-electron chi connectivity index (χ1n) is 8.59. The number of hydrogen-bond acceptors (Lipinski definition) is 5. The van der Waals surface area contributed by atoms with Gasteiger partial charge in [0.2, 0.25) is 0 Å². The Bertz CT molecular complexity index is 1210. The molecule has 0 unspecified atom stereocenters. The number of rotatable bonds is 4. The SMILES string of the molecule is CN(Cc1c(Cl)cnn1C)C(=O)c1cc2nc(-c3cccs3)cc(C(F)(F)F)n2n1. The van der Waals surface area contributed by atoms with Crippen molar-refractivity contribution in [3.63, 3.8) is 0 Å². The third kappa shape index (κ3) is 3.65. The molecular weight excluding hydrogens is 441 g/mol. The molecule has 0 aliphatic heterocycles. The number of carbonyl (C=O) groups is 1. The molecule has 7 nitrogen and oxygen atoms in total. The molecule has 0 atom stereocenters. The van der Waals surface area contributed by atoms with Gasteiger partial charge in [0.25, 0.3) is 5.91 Å². The number of aryl methyl sites for hydroxylation is 1. The molecule has 156 valence electrons. The highest BCUT2D eigenvalue weighted by Gasteiger charge is 2.36. The van der Waals surface area contributed by atoms with Crippen LogP contribution in [0.2, 0.25) is 5.02 Å². The molecule has 12 heteroatoms. The van der Waals surface area contributed by atoms with Crippen LogP contribution in [0, 0.1) is 0 Å². The summed E-state index contributed by atoms with van der Waals surface area (Å²) in [6.45, 7) is 0.113. The summed E-state index contributed by atoms with van der Waals surface area (Å²) in [6.07, 6.45) is -3.22. The Morgan fingerprint density at radius 1 is 1.33 bits per heavy atom. The smallest absolute Gasteiger partial charge is 0.334 e. The highest BCUT2D eigenvalue weighted by atomic mass is 35.5. The Kier molecular flexibility index (Phi) is 5.02. The van der Waals surface area contributed by atoms with E-state index in [0.29, 0.717) is 20.1 Å². The zero-order valence-electron chi connectivity index (χ0n) is 15.7. The number of halogens is 4. The van der Waals surface area contributed by atoms with Crippen LogP contribution in [0.15, 0.2) is 35.8 Å². The van der Waals surface area contributed by atoms with Crippen LogP contribution < -0.4 is 0 Å². The first kappa shape index (κ1) is 20.4. The molecule has 0 aliphatic carbocycles. The lowest BCUT2D eigenvalue weighted by molar-refractivity contribution is -0.142. The van der Waals surface area contributed by atoms with Gasteiger partial charge in [-0.2, -0.15) is 23.4 Å². The summed E-state index contributed by atoms with van der Waals surface area (Å²) in [4.78, 5) is 19.0. The normalized spacial score (nSPS) is 11.9. The lowest BCUT2D eigenvalue weighted by Crippen LogP contribution is -2.28. The Balaban J connectivity index is 1.74. The molecule has 4 aromatic rings. The highest BCUT2D eigenvalue weighted by molar-refractivity contribution is 7.13. The number of nitrogens with zero attached hydrogens (tertiary/aromatic N) is 6. The van der Waals surface area contributed by atoms with Crippen LogP contribution in [-0.2, 0) is 19.8 Å². The van der Waals surface area contributed by atoms with Crippen LogP contribution in [0.25, 0.3) is 16.2 Å². The molecule has 0 aliphatic rings. The van der Waals surface area contributed by atoms with Gasteiger partial charge in [0.15, 0.2) is 17.0 Å². The van der Waals surface area contributed by atoms with E-state index in [1.54, 1.807) is 24.6 Å². The number of fused-ring (bicyclic) bond motifs is 1. The van der Waals surface area contributed by atoms with Crippen LogP contribution in [-0.4, -0.2) is 42.2 Å². The van der Waals surface area contributed by atoms with E-state index in [9.17, 15) is 18.0 Å². The van der Waals surface area contributed by atoms with E-state index >= 15 is 0 Å². The molecule has 0 radical (unpaired) electrons. The molecule has 0 fully saturated rings. The minimum absolute atomic E-state index is 0.0662. The first-order valence-corrected chi connectivity index (χ1v) is 9.84. The van der Waals surface area contributed by atoms with Crippen molar-refractivity contribution in [1.29, 1.82) is 0 Å². The van der Waals surface area contributed by atoms with Crippen molar-refractivity contribution >= 4 is 34.5 Å². The van der Waals surface area contributed by atoms with Gasteiger partial charge in [0.1, 0.15) is 0 Å². The molecule has 4 heterocycles. The summed E-state index contributed by atoms with van der Waals surface area (Å²) < 4.78 is 43.1. The fourth-order valence-corrected chi connectivity index (χ4v) is 3.85. The van der Waals surface area contributed by atoms with Crippen molar-refractivity contribution in [3.05, 3.63) is 57.9 Å². The van der Waals surface area contributed by atoms with E-state index in [-0.39, 0.29) is 23.6 Å². The Morgan fingerprint density at radius 3 is 2.70 bits per heavy atom. The maximum Gasteiger partial charge on any atom is 0.433 e. The van der Waals surface area contributed by atoms with Crippen LogP contribution in [0.1, 0.15) is 21.9 Å². The Hall–Kier alpha value is -2.92. The van der Waals surface area contributed by atoms with Crippen molar-refractivity contribution < 1.29 is 18.0 Å². The lowest BCUT2D eigenvalue weighted by Gasteiger charge is -2.16. The molecule has 0 aromatic carbocycles.